The molecule has 0 bridgehead atoms. The van der Waals surface area contributed by atoms with Crippen molar-refractivity contribution in [2.45, 2.75) is 6.92 Å². The summed E-state index contributed by atoms with van der Waals surface area (Å²) in [5.41, 5.74) is 2.86. The molecule has 1 aromatic heterocycles. The Bertz CT molecular complexity index is 401. The van der Waals surface area contributed by atoms with Crippen LogP contribution in [0.1, 0.15) is 16.7 Å². The minimum absolute atomic E-state index is 0.179. The SMILES string of the molecule is CCNc1nnc(C(=O)NN2CCN(C)CC2)s1. The van der Waals surface area contributed by atoms with Crippen LogP contribution in [0.25, 0.3) is 0 Å². The molecule has 8 heteroatoms. The summed E-state index contributed by atoms with van der Waals surface area (Å²) in [6, 6.07) is 0. The van der Waals surface area contributed by atoms with E-state index in [2.05, 4.69) is 32.9 Å². The zero-order valence-electron chi connectivity index (χ0n) is 10.6. The summed E-state index contributed by atoms with van der Waals surface area (Å²) >= 11 is 1.27. The van der Waals surface area contributed by atoms with E-state index < -0.39 is 0 Å². The van der Waals surface area contributed by atoms with Gasteiger partial charge < -0.3 is 10.2 Å². The molecule has 0 spiro atoms. The van der Waals surface area contributed by atoms with Gasteiger partial charge in [-0.05, 0) is 14.0 Å². The van der Waals surface area contributed by atoms with E-state index in [1.54, 1.807) is 0 Å². The van der Waals surface area contributed by atoms with Gasteiger partial charge in [0.15, 0.2) is 0 Å². The highest BCUT2D eigenvalue weighted by Gasteiger charge is 2.19. The van der Waals surface area contributed by atoms with Gasteiger partial charge >= 0.3 is 0 Å². The number of hydrogen-bond acceptors (Lipinski definition) is 7. The Hall–Kier alpha value is -1.25. The van der Waals surface area contributed by atoms with Crippen molar-refractivity contribution >= 4 is 22.4 Å². The third-order valence-corrected chi connectivity index (χ3v) is 3.59. The lowest BCUT2D eigenvalue weighted by Crippen LogP contribution is -2.52. The fraction of sp³-hybridized carbons (Fsp3) is 0.700. The van der Waals surface area contributed by atoms with E-state index in [-0.39, 0.29) is 5.91 Å². The van der Waals surface area contributed by atoms with Crippen LogP contribution in [0.4, 0.5) is 5.13 Å². The molecule has 1 saturated heterocycles. The Morgan fingerprint density at radius 3 is 2.72 bits per heavy atom. The van der Waals surface area contributed by atoms with Gasteiger partial charge in [-0.1, -0.05) is 11.3 Å². The van der Waals surface area contributed by atoms with Gasteiger partial charge in [-0.2, -0.15) is 0 Å². The molecule has 0 atom stereocenters. The summed E-state index contributed by atoms with van der Waals surface area (Å²) < 4.78 is 0. The molecule has 1 amide bonds. The van der Waals surface area contributed by atoms with Gasteiger partial charge in [-0.25, -0.2) is 5.01 Å². The maximum Gasteiger partial charge on any atom is 0.296 e. The van der Waals surface area contributed by atoms with Crippen LogP contribution in [0.3, 0.4) is 0 Å². The summed E-state index contributed by atoms with van der Waals surface area (Å²) in [6.07, 6.45) is 0. The Morgan fingerprint density at radius 1 is 1.33 bits per heavy atom. The fourth-order valence-electron chi connectivity index (χ4n) is 1.65. The second-order valence-electron chi connectivity index (χ2n) is 4.17. The molecule has 1 aliphatic rings. The zero-order valence-corrected chi connectivity index (χ0v) is 11.5. The van der Waals surface area contributed by atoms with Crippen LogP contribution in [0.2, 0.25) is 0 Å². The molecule has 18 heavy (non-hydrogen) atoms. The third-order valence-electron chi connectivity index (χ3n) is 2.71. The summed E-state index contributed by atoms with van der Waals surface area (Å²) in [7, 11) is 2.08. The predicted molar refractivity (Wildman–Crippen MR) is 70.6 cm³/mol. The first kappa shape index (κ1) is 13.2. The number of likely N-dealkylation sites (N-methyl/N-ethyl adjacent to an activating group) is 1. The predicted octanol–water partition coefficient (Wildman–Crippen LogP) is -0.138. The highest BCUT2D eigenvalue weighted by atomic mass is 32.1. The van der Waals surface area contributed by atoms with Crippen molar-refractivity contribution in [2.24, 2.45) is 0 Å². The van der Waals surface area contributed by atoms with Crippen LogP contribution in [-0.2, 0) is 0 Å². The number of aromatic nitrogens is 2. The number of hydrazine groups is 1. The Balaban J connectivity index is 1.86. The van der Waals surface area contributed by atoms with Crippen molar-refractivity contribution in [1.29, 1.82) is 0 Å². The Labute approximate surface area is 110 Å². The zero-order chi connectivity index (χ0) is 13.0. The highest BCUT2D eigenvalue weighted by Crippen LogP contribution is 2.14. The molecule has 0 unspecified atom stereocenters. The average Bonchev–Trinajstić information content (AvgIpc) is 2.81. The van der Waals surface area contributed by atoms with Crippen LogP contribution >= 0.6 is 11.3 Å². The van der Waals surface area contributed by atoms with Gasteiger partial charge in [0.05, 0.1) is 0 Å². The van der Waals surface area contributed by atoms with Crippen molar-refractivity contribution in [1.82, 2.24) is 25.5 Å². The van der Waals surface area contributed by atoms with Crippen LogP contribution in [0, 0.1) is 0 Å². The average molecular weight is 270 g/mol. The monoisotopic (exact) mass is 270 g/mol. The number of carbonyl (C=O) groups is 1. The number of piperazine rings is 1. The quantitative estimate of drug-likeness (QED) is 0.793. The van der Waals surface area contributed by atoms with Gasteiger partial charge in [0.1, 0.15) is 0 Å². The summed E-state index contributed by atoms with van der Waals surface area (Å²) in [5, 5.41) is 13.8. The molecular formula is C10H18N6OS. The standard InChI is InChI=1S/C10H18N6OS/c1-3-11-10-13-12-9(18-10)8(17)14-16-6-4-15(2)5-7-16/h3-7H2,1-2H3,(H,11,13)(H,14,17). The molecule has 0 aliphatic carbocycles. The minimum atomic E-state index is -0.179. The molecule has 0 radical (unpaired) electrons. The third kappa shape index (κ3) is 3.37. The maximum atomic E-state index is 11.9. The largest absolute Gasteiger partial charge is 0.360 e. The lowest BCUT2D eigenvalue weighted by atomic mass is 10.4. The smallest absolute Gasteiger partial charge is 0.296 e. The van der Waals surface area contributed by atoms with E-state index in [4.69, 9.17) is 0 Å². The molecule has 100 valence electrons. The number of hydrogen-bond donors (Lipinski definition) is 2. The van der Waals surface area contributed by atoms with Crippen molar-refractivity contribution in [3.8, 4) is 0 Å². The van der Waals surface area contributed by atoms with Gasteiger partial charge in [0.25, 0.3) is 5.91 Å². The lowest BCUT2D eigenvalue weighted by Gasteiger charge is -2.31. The molecule has 2 rings (SSSR count). The first-order valence-electron chi connectivity index (χ1n) is 6.01. The Kier molecular flexibility index (Phi) is 4.45. The number of anilines is 1. The summed E-state index contributed by atoms with van der Waals surface area (Å²) in [6.45, 7) is 6.33. The normalized spacial score (nSPS) is 17.7. The van der Waals surface area contributed by atoms with Gasteiger partial charge in [0.2, 0.25) is 10.1 Å². The first-order valence-corrected chi connectivity index (χ1v) is 6.82. The van der Waals surface area contributed by atoms with Gasteiger partial charge in [-0.15, -0.1) is 10.2 Å². The molecule has 7 nitrogen and oxygen atoms in total. The fourth-order valence-corrected chi connectivity index (χ4v) is 2.35. The molecule has 1 fully saturated rings. The van der Waals surface area contributed by atoms with Crippen LogP contribution < -0.4 is 10.7 Å². The van der Waals surface area contributed by atoms with Gasteiger partial charge in [0, 0.05) is 32.7 Å². The van der Waals surface area contributed by atoms with Crippen LogP contribution in [-0.4, -0.2) is 65.8 Å². The van der Waals surface area contributed by atoms with E-state index in [1.807, 2.05) is 11.9 Å². The number of nitrogens with one attached hydrogen (secondary N) is 2. The number of amides is 1. The van der Waals surface area contributed by atoms with Crippen molar-refractivity contribution in [3.05, 3.63) is 5.01 Å². The van der Waals surface area contributed by atoms with Crippen molar-refractivity contribution < 1.29 is 4.79 Å². The molecule has 0 aromatic carbocycles. The molecule has 0 saturated carbocycles. The van der Waals surface area contributed by atoms with Crippen molar-refractivity contribution in [3.63, 3.8) is 0 Å². The second kappa shape index (κ2) is 6.07. The number of nitrogens with zero attached hydrogens (tertiary/aromatic N) is 4. The van der Waals surface area contributed by atoms with E-state index >= 15 is 0 Å². The van der Waals surface area contributed by atoms with Gasteiger partial charge in [-0.3, -0.25) is 10.2 Å². The van der Waals surface area contributed by atoms with Crippen molar-refractivity contribution in [2.75, 3.05) is 45.1 Å². The van der Waals surface area contributed by atoms with Crippen LogP contribution in [0.5, 0.6) is 0 Å². The minimum Gasteiger partial charge on any atom is -0.360 e. The Morgan fingerprint density at radius 2 is 2.06 bits per heavy atom. The first-order chi connectivity index (χ1) is 8.69. The van der Waals surface area contributed by atoms with E-state index in [0.29, 0.717) is 10.1 Å². The van der Waals surface area contributed by atoms with Crippen LogP contribution in [0.15, 0.2) is 0 Å². The molecule has 1 aromatic rings. The van der Waals surface area contributed by atoms with E-state index in [9.17, 15) is 4.79 Å². The van der Waals surface area contributed by atoms with E-state index in [0.717, 1.165) is 32.7 Å². The van der Waals surface area contributed by atoms with E-state index in [1.165, 1.54) is 11.3 Å². The molecular weight excluding hydrogens is 252 g/mol. The lowest BCUT2D eigenvalue weighted by molar-refractivity contribution is 0.0661. The molecule has 2 heterocycles. The molecule has 2 N–H and O–H groups in total. The highest BCUT2D eigenvalue weighted by molar-refractivity contribution is 7.17. The summed E-state index contributed by atoms with van der Waals surface area (Å²) in [5.74, 6) is -0.179. The summed E-state index contributed by atoms with van der Waals surface area (Å²) in [4.78, 5) is 14.2. The maximum absolute atomic E-state index is 11.9. The number of rotatable bonds is 4. The molecule has 1 aliphatic heterocycles. The second-order valence-corrected chi connectivity index (χ2v) is 5.15. The topological polar surface area (TPSA) is 73.4 Å². The number of carbonyl (C=O) groups excluding carboxylic acids is 1.